The van der Waals surface area contributed by atoms with E-state index in [-0.39, 0.29) is 12.1 Å². The van der Waals surface area contributed by atoms with Crippen molar-refractivity contribution in [3.63, 3.8) is 0 Å². The van der Waals surface area contributed by atoms with E-state index in [1.165, 1.54) is 31.5 Å². The van der Waals surface area contributed by atoms with E-state index in [2.05, 4.69) is 39.4 Å². The van der Waals surface area contributed by atoms with Crippen molar-refractivity contribution in [2.75, 3.05) is 26.2 Å². The number of carbonyl (C=O) groups excluding carboxylic acids is 1. The number of alkyl carbamates (subject to hydrolysis) is 1. The lowest BCUT2D eigenvalue weighted by atomic mass is 10.1. The van der Waals surface area contributed by atoms with Crippen LogP contribution in [-0.2, 0) is 11.3 Å². The third-order valence-electron chi connectivity index (χ3n) is 5.09. The van der Waals surface area contributed by atoms with Crippen LogP contribution in [0.3, 0.4) is 0 Å². The van der Waals surface area contributed by atoms with E-state index in [1.807, 2.05) is 27.7 Å². The van der Waals surface area contributed by atoms with Crippen molar-refractivity contribution < 1.29 is 9.53 Å². The fourth-order valence-corrected chi connectivity index (χ4v) is 3.46. The summed E-state index contributed by atoms with van der Waals surface area (Å²) in [7, 11) is 0. The molecule has 5 nitrogen and oxygen atoms in total. The predicted molar refractivity (Wildman–Crippen MR) is 104 cm³/mol. The van der Waals surface area contributed by atoms with Crippen molar-refractivity contribution in [1.29, 1.82) is 0 Å². The Labute approximate surface area is 157 Å². The van der Waals surface area contributed by atoms with Gasteiger partial charge in [0, 0.05) is 38.8 Å². The summed E-state index contributed by atoms with van der Waals surface area (Å²) in [5.41, 5.74) is 1.95. The monoisotopic (exact) mass is 359 g/mol. The molecular weight excluding hydrogens is 326 g/mol. The van der Waals surface area contributed by atoms with Gasteiger partial charge in [0.05, 0.1) is 6.04 Å². The SMILES string of the molecule is C[C@H](NC(=O)OC(C)(C)C)c1ccc(CN2CCN(C3CC3)CC2)cc1. The molecule has 1 aliphatic heterocycles. The second kappa shape index (κ2) is 7.97. The van der Waals surface area contributed by atoms with E-state index in [9.17, 15) is 4.79 Å². The second-order valence-electron chi connectivity index (χ2n) is 8.65. The molecule has 0 unspecified atom stereocenters. The van der Waals surface area contributed by atoms with Gasteiger partial charge in [0.25, 0.3) is 0 Å². The zero-order valence-corrected chi connectivity index (χ0v) is 16.6. The summed E-state index contributed by atoms with van der Waals surface area (Å²) in [5, 5.41) is 2.90. The number of rotatable bonds is 5. The smallest absolute Gasteiger partial charge is 0.408 e. The van der Waals surface area contributed by atoms with Crippen LogP contribution in [-0.4, -0.2) is 53.7 Å². The Morgan fingerprint density at radius 3 is 2.31 bits per heavy atom. The van der Waals surface area contributed by atoms with Gasteiger partial charge in [-0.05, 0) is 51.7 Å². The van der Waals surface area contributed by atoms with Crippen LogP contribution in [0.25, 0.3) is 0 Å². The fraction of sp³-hybridized carbons (Fsp3) is 0.667. The highest BCUT2D eigenvalue weighted by molar-refractivity contribution is 5.68. The van der Waals surface area contributed by atoms with E-state index in [0.29, 0.717) is 0 Å². The Bertz CT molecular complexity index is 597. The van der Waals surface area contributed by atoms with Crippen molar-refractivity contribution in [2.24, 2.45) is 0 Å². The average Bonchev–Trinajstić information content (AvgIpc) is 3.39. The predicted octanol–water partition coefficient (Wildman–Crippen LogP) is 3.55. The lowest BCUT2D eigenvalue weighted by Gasteiger charge is -2.34. The molecule has 1 saturated heterocycles. The van der Waals surface area contributed by atoms with Gasteiger partial charge in [-0.3, -0.25) is 9.80 Å². The molecule has 5 heteroatoms. The van der Waals surface area contributed by atoms with Crippen molar-refractivity contribution in [2.45, 2.75) is 64.8 Å². The van der Waals surface area contributed by atoms with E-state index in [1.54, 1.807) is 0 Å². The molecule has 144 valence electrons. The summed E-state index contributed by atoms with van der Waals surface area (Å²) >= 11 is 0. The van der Waals surface area contributed by atoms with Gasteiger partial charge < -0.3 is 10.1 Å². The highest BCUT2D eigenvalue weighted by Gasteiger charge is 2.31. The van der Waals surface area contributed by atoms with Gasteiger partial charge >= 0.3 is 6.09 Å². The lowest BCUT2D eigenvalue weighted by Crippen LogP contribution is -2.46. The number of nitrogens with zero attached hydrogens (tertiary/aromatic N) is 2. The Kier molecular flexibility index (Phi) is 5.88. The van der Waals surface area contributed by atoms with Crippen LogP contribution in [0.15, 0.2) is 24.3 Å². The second-order valence-corrected chi connectivity index (χ2v) is 8.65. The van der Waals surface area contributed by atoms with E-state index in [0.717, 1.165) is 31.2 Å². The van der Waals surface area contributed by atoms with E-state index >= 15 is 0 Å². The van der Waals surface area contributed by atoms with Gasteiger partial charge in [-0.25, -0.2) is 4.79 Å². The number of hydrogen-bond acceptors (Lipinski definition) is 4. The minimum Gasteiger partial charge on any atom is -0.444 e. The van der Waals surface area contributed by atoms with Gasteiger partial charge in [0.1, 0.15) is 5.60 Å². The molecule has 2 fully saturated rings. The zero-order chi connectivity index (χ0) is 18.7. The lowest BCUT2D eigenvalue weighted by molar-refractivity contribution is 0.0508. The van der Waals surface area contributed by atoms with Gasteiger partial charge in [-0.15, -0.1) is 0 Å². The number of piperazine rings is 1. The Morgan fingerprint density at radius 2 is 1.77 bits per heavy atom. The summed E-state index contributed by atoms with van der Waals surface area (Å²) < 4.78 is 5.32. The first-order chi connectivity index (χ1) is 12.3. The molecule has 0 radical (unpaired) electrons. The Hall–Kier alpha value is -1.59. The largest absolute Gasteiger partial charge is 0.444 e. The van der Waals surface area contributed by atoms with Crippen molar-refractivity contribution in [1.82, 2.24) is 15.1 Å². The normalized spacial score (nSPS) is 20.6. The first-order valence-electron chi connectivity index (χ1n) is 9.85. The maximum absolute atomic E-state index is 11.9. The highest BCUT2D eigenvalue weighted by Crippen LogP contribution is 2.27. The van der Waals surface area contributed by atoms with Crippen LogP contribution in [0.2, 0.25) is 0 Å². The third-order valence-corrected chi connectivity index (χ3v) is 5.09. The molecule has 26 heavy (non-hydrogen) atoms. The number of amides is 1. The number of hydrogen-bond donors (Lipinski definition) is 1. The summed E-state index contributed by atoms with van der Waals surface area (Å²) in [6.45, 7) is 13.3. The summed E-state index contributed by atoms with van der Waals surface area (Å²) in [5.74, 6) is 0. The summed E-state index contributed by atoms with van der Waals surface area (Å²) in [4.78, 5) is 17.1. The molecule has 1 aromatic carbocycles. The Morgan fingerprint density at radius 1 is 1.15 bits per heavy atom. The quantitative estimate of drug-likeness (QED) is 0.873. The topological polar surface area (TPSA) is 44.8 Å². The van der Waals surface area contributed by atoms with Crippen LogP contribution < -0.4 is 5.32 Å². The molecule has 1 aromatic rings. The average molecular weight is 360 g/mol. The van der Waals surface area contributed by atoms with Crippen LogP contribution in [0.4, 0.5) is 4.79 Å². The van der Waals surface area contributed by atoms with Crippen LogP contribution in [0.1, 0.15) is 57.7 Å². The molecule has 2 aliphatic rings. The van der Waals surface area contributed by atoms with Gasteiger partial charge in [0.15, 0.2) is 0 Å². The molecule has 1 N–H and O–H groups in total. The van der Waals surface area contributed by atoms with Gasteiger partial charge in [-0.1, -0.05) is 24.3 Å². The van der Waals surface area contributed by atoms with E-state index in [4.69, 9.17) is 4.74 Å². The molecule has 1 saturated carbocycles. The van der Waals surface area contributed by atoms with Crippen LogP contribution in [0.5, 0.6) is 0 Å². The third kappa shape index (κ3) is 5.71. The first kappa shape index (κ1) is 19.2. The molecule has 1 atom stereocenters. The van der Waals surface area contributed by atoms with Crippen LogP contribution in [0, 0.1) is 0 Å². The number of benzene rings is 1. The standard InChI is InChI=1S/C21H33N3O2/c1-16(22-20(25)26-21(2,3)4)18-7-5-17(6-8-18)15-23-11-13-24(14-12-23)19-9-10-19/h5-8,16,19H,9-15H2,1-4H3,(H,22,25)/t16-/m0/s1. The van der Waals surface area contributed by atoms with Crippen molar-refractivity contribution in [3.8, 4) is 0 Å². The highest BCUT2D eigenvalue weighted by atomic mass is 16.6. The summed E-state index contributed by atoms with van der Waals surface area (Å²) in [6.07, 6.45) is 2.43. The number of nitrogens with one attached hydrogen (secondary N) is 1. The van der Waals surface area contributed by atoms with Gasteiger partial charge in [0.2, 0.25) is 0 Å². The van der Waals surface area contributed by atoms with Crippen molar-refractivity contribution >= 4 is 6.09 Å². The fourth-order valence-electron chi connectivity index (χ4n) is 3.46. The van der Waals surface area contributed by atoms with E-state index < -0.39 is 5.60 Å². The molecule has 3 rings (SSSR count). The van der Waals surface area contributed by atoms with Crippen LogP contribution >= 0.6 is 0 Å². The minimum absolute atomic E-state index is 0.0685. The molecular formula is C21H33N3O2. The molecule has 0 spiro atoms. The molecule has 1 aliphatic carbocycles. The Balaban J connectivity index is 1.46. The number of ether oxygens (including phenoxy) is 1. The molecule has 0 bridgehead atoms. The maximum atomic E-state index is 11.9. The number of carbonyl (C=O) groups is 1. The summed E-state index contributed by atoms with van der Waals surface area (Å²) in [6, 6.07) is 9.39. The molecule has 1 heterocycles. The minimum atomic E-state index is -0.475. The molecule has 1 amide bonds. The first-order valence-corrected chi connectivity index (χ1v) is 9.85. The molecule has 0 aromatic heterocycles. The van der Waals surface area contributed by atoms with Gasteiger partial charge in [-0.2, -0.15) is 0 Å². The zero-order valence-electron chi connectivity index (χ0n) is 16.6. The van der Waals surface area contributed by atoms with Crippen molar-refractivity contribution in [3.05, 3.63) is 35.4 Å². The maximum Gasteiger partial charge on any atom is 0.408 e.